The van der Waals surface area contributed by atoms with E-state index in [2.05, 4.69) is 41.5 Å². The summed E-state index contributed by atoms with van der Waals surface area (Å²) in [5.74, 6) is 1.63. The highest BCUT2D eigenvalue weighted by Gasteiger charge is 2.27. The Kier molecular flexibility index (Phi) is 4.04. The Morgan fingerprint density at radius 2 is 2.16 bits per heavy atom. The Morgan fingerprint density at radius 3 is 3.11 bits per heavy atom. The fraction of sp³-hybridized carbons (Fsp3) is 0.625. The Morgan fingerprint density at radius 1 is 1.26 bits per heavy atom. The first-order valence-corrected chi connectivity index (χ1v) is 7.47. The topological polar surface area (TPSA) is 24.5 Å². The number of ether oxygens (including phenoxy) is 1. The van der Waals surface area contributed by atoms with Crippen LogP contribution in [0.1, 0.15) is 30.7 Å². The molecular formula is C16H24N2O. The minimum atomic E-state index is 0.539. The van der Waals surface area contributed by atoms with Gasteiger partial charge in [-0.1, -0.05) is 18.2 Å². The van der Waals surface area contributed by atoms with E-state index in [4.69, 9.17) is 4.74 Å². The average Bonchev–Trinajstić information content (AvgIpc) is 2.66. The molecule has 2 heterocycles. The number of hydrogen-bond donors (Lipinski definition) is 1. The van der Waals surface area contributed by atoms with Gasteiger partial charge in [0.15, 0.2) is 0 Å². The lowest BCUT2D eigenvalue weighted by atomic mass is 9.99. The zero-order valence-electron chi connectivity index (χ0n) is 11.8. The lowest BCUT2D eigenvalue weighted by Crippen LogP contribution is -2.36. The standard InChI is InChI=1S/C16H24N2O/c1-18(14-5-4-9-17-10-8-14)11-13-12-19-16-7-3-2-6-15(13)16/h2-3,6-7,13-14,17H,4-5,8-12H2,1H3. The average molecular weight is 260 g/mol. The van der Waals surface area contributed by atoms with E-state index in [-0.39, 0.29) is 0 Å². The van der Waals surface area contributed by atoms with E-state index in [1.807, 2.05) is 0 Å². The zero-order chi connectivity index (χ0) is 13.1. The predicted molar refractivity (Wildman–Crippen MR) is 77.8 cm³/mol. The van der Waals surface area contributed by atoms with Crippen molar-refractivity contribution in [1.82, 2.24) is 10.2 Å². The monoisotopic (exact) mass is 260 g/mol. The molecule has 1 aromatic carbocycles. The van der Waals surface area contributed by atoms with Crippen LogP contribution in [0, 0.1) is 0 Å². The second-order valence-electron chi connectivity index (χ2n) is 5.82. The van der Waals surface area contributed by atoms with Crippen molar-refractivity contribution < 1.29 is 4.74 Å². The summed E-state index contributed by atoms with van der Waals surface area (Å²) in [7, 11) is 2.27. The zero-order valence-corrected chi connectivity index (χ0v) is 11.8. The summed E-state index contributed by atoms with van der Waals surface area (Å²) in [6.07, 6.45) is 3.89. The number of nitrogens with zero attached hydrogens (tertiary/aromatic N) is 1. The molecule has 3 rings (SSSR count). The van der Waals surface area contributed by atoms with E-state index in [1.165, 1.54) is 31.4 Å². The molecule has 2 aliphatic rings. The van der Waals surface area contributed by atoms with Crippen molar-refractivity contribution >= 4 is 0 Å². The Hall–Kier alpha value is -1.06. The van der Waals surface area contributed by atoms with E-state index >= 15 is 0 Å². The Balaban J connectivity index is 1.62. The van der Waals surface area contributed by atoms with Crippen LogP contribution in [0.25, 0.3) is 0 Å². The van der Waals surface area contributed by atoms with Gasteiger partial charge in [-0.15, -0.1) is 0 Å². The molecule has 2 unspecified atom stereocenters. The van der Waals surface area contributed by atoms with E-state index in [1.54, 1.807) is 0 Å². The van der Waals surface area contributed by atoms with Crippen LogP contribution in [0.15, 0.2) is 24.3 Å². The minimum absolute atomic E-state index is 0.539. The second kappa shape index (κ2) is 5.93. The number of likely N-dealkylation sites (N-methyl/N-ethyl adjacent to an activating group) is 1. The summed E-state index contributed by atoms with van der Waals surface area (Å²) < 4.78 is 5.78. The van der Waals surface area contributed by atoms with Crippen molar-refractivity contribution in [3.8, 4) is 5.75 Å². The van der Waals surface area contributed by atoms with Crippen LogP contribution in [0.5, 0.6) is 5.75 Å². The molecule has 0 aliphatic carbocycles. The van der Waals surface area contributed by atoms with Crippen molar-refractivity contribution in [3.63, 3.8) is 0 Å². The molecule has 19 heavy (non-hydrogen) atoms. The Bertz CT molecular complexity index is 413. The molecule has 0 saturated carbocycles. The molecule has 0 aromatic heterocycles. The van der Waals surface area contributed by atoms with Gasteiger partial charge in [0.1, 0.15) is 5.75 Å². The summed E-state index contributed by atoms with van der Waals surface area (Å²) in [5, 5.41) is 3.49. The molecule has 1 N–H and O–H groups in total. The van der Waals surface area contributed by atoms with E-state index < -0.39 is 0 Å². The number of benzene rings is 1. The normalized spacial score (nSPS) is 26.8. The maximum Gasteiger partial charge on any atom is 0.122 e. The maximum atomic E-state index is 5.78. The molecule has 1 fully saturated rings. The molecular weight excluding hydrogens is 236 g/mol. The second-order valence-corrected chi connectivity index (χ2v) is 5.82. The van der Waals surface area contributed by atoms with Crippen LogP contribution in [-0.2, 0) is 0 Å². The van der Waals surface area contributed by atoms with Crippen molar-refractivity contribution in [3.05, 3.63) is 29.8 Å². The van der Waals surface area contributed by atoms with Gasteiger partial charge in [-0.2, -0.15) is 0 Å². The molecule has 104 valence electrons. The molecule has 0 amide bonds. The number of fused-ring (bicyclic) bond motifs is 1. The first kappa shape index (κ1) is 12.9. The summed E-state index contributed by atoms with van der Waals surface area (Å²) in [6, 6.07) is 9.21. The van der Waals surface area contributed by atoms with Gasteiger partial charge in [-0.3, -0.25) is 0 Å². The lowest BCUT2D eigenvalue weighted by Gasteiger charge is -2.29. The van der Waals surface area contributed by atoms with Crippen LogP contribution in [0.4, 0.5) is 0 Å². The third-order valence-electron chi connectivity index (χ3n) is 4.48. The molecule has 1 aromatic rings. The van der Waals surface area contributed by atoms with Crippen molar-refractivity contribution in [2.45, 2.75) is 31.2 Å². The van der Waals surface area contributed by atoms with Gasteiger partial charge >= 0.3 is 0 Å². The van der Waals surface area contributed by atoms with Crippen molar-refractivity contribution in [1.29, 1.82) is 0 Å². The van der Waals surface area contributed by atoms with Gasteiger partial charge in [0.2, 0.25) is 0 Å². The van der Waals surface area contributed by atoms with Crippen molar-refractivity contribution in [2.24, 2.45) is 0 Å². The van der Waals surface area contributed by atoms with Gasteiger partial charge in [0.25, 0.3) is 0 Å². The highest BCUT2D eigenvalue weighted by atomic mass is 16.5. The van der Waals surface area contributed by atoms with Crippen LogP contribution >= 0.6 is 0 Å². The molecule has 0 spiro atoms. The first-order chi connectivity index (χ1) is 9.34. The molecule has 3 nitrogen and oxygen atoms in total. The van der Waals surface area contributed by atoms with Gasteiger partial charge < -0.3 is 15.0 Å². The third kappa shape index (κ3) is 2.93. The number of rotatable bonds is 3. The largest absolute Gasteiger partial charge is 0.493 e. The maximum absolute atomic E-state index is 5.78. The van der Waals surface area contributed by atoms with Gasteiger partial charge in [-0.25, -0.2) is 0 Å². The molecule has 2 aliphatic heterocycles. The fourth-order valence-electron chi connectivity index (χ4n) is 3.32. The van der Waals surface area contributed by atoms with E-state index in [0.29, 0.717) is 5.92 Å². The number of hydrogen-bond acceptors (Lipinski definition) is 3. The van der Waals surface area contributed by atoms with Gasteiger partial charge in [0, 0.05) is 24.1 Å². The Labute approximate surface area is 115 Å². The van der Waals surface area contributed by atoms with Gasteiger partial charge in [0.05, 0.1) is 6.61 Å². The van der Waals surface area contributed by atoms with E-state index in [9.17, 15) is 0 Å². The molecule has 0 bridgehead atoms. The van der Waals surface area contributed by atoms with Gasteiger partial charge in [-0.05, 0) is 45.5 Å². The van der Waals surface area contributed by atoms with Crippen LogP contribution in [0.3, 0.4) is 0 Å². The molecule has 3 heteroatoms. The van der Waals surface area contributed by atoms with Crippen molar-refractivity contribution in [2.75, 3.05) is 33.3 Å². The van der Waals surface area contributed by atoms with Crippen LogP contribution < -0.4 is 10.1 Å². The molecule has 2 atom stereocenters. The first-order valence-electron chi connectivity index (χ1n) is 7.47. The highest BCUT2D eigenvalue weighted by Crippen LogP contribution is 2.34. The summed E-state index contributed by atoms with van der Waals surface area (Å²) in [4.78, 5) is 2.54. The quantitative estimate of drug-likeness (QED) is 0.902. The smallest absolute Gasteiger partial charge is 0.122 e. The van der Waals surface area contributed by atoms with Crippen LogP contribution in [0.2, 0.25) is 0 Å². The summed E-state index contributed by atoms with van der Waals surface area (Å²) in [6.45, 7) is 4.29. The third-order valence-corrected chi connectivity index (χ3v) is 4.48. The number of nitrogens with one attached hydrogen (secondary N) is 1. The lowest BCUT2D eigenvalue weighted by molar-refractivity contribution is 0.198. The number of para-hydroxylation sites is 1. The SMILES string of the molecule is CN(CC1COc2ccccc21)C1CCCNCC1. The van der Waals surface area contributed by atoms with Crippen LogP contribution in [-0.4, -0.2) is 44.2 Å². The minimum Gasteiger partial charge on any atom is -0.493 e. The fourth-order valence-corrected chi connectivity index (χ4v) is 3.32. The summed E-state index contributed by atoms with van der Waals surface area (Å²) in [5.41, 5.74) is 1.39. The highest BCUT2D eigenvalue weighted by molar-refractivity contribution is 5.39. The summed E-state index contributed by atoms with van der Waals surface area (Å²) >= 11 is 0. The predicted octanol–water partition coefficient (Wildman–Crippen LogP) is 2.24. The molecule has 0 radical (unpaired) electrons. The van der Waals surface area contributed by atoms with E-state index in [0.717, 1.165) is 31.5 Å². The molecule has 1 saturated heterocycles.